The highest BCUT2D eigenvalue weighted by Crippen LogP contribution is 2.03. The molecular formula is C6H12OS. The second kappa shape index (κ2) is 3.13. The fourth-order valence-electron chi connectivity index (χ4n) is 0.482. The third-order valence-corrected chi connectivity index (χ3v) is 1.24. The molecule has 0 heterocycles. The maximum absolute atomic E-state index is 10.8. The maximum atomic E-state index is 10.8. The lowest BCUT2D eigenvalue weighted by Gasteiger charge is -2.04. The van der Waals surface area contributed by atoms with E-state index in [-0.39, 0.29) is 17.0 Å². The number of hydrogen-bond donors (Lipinski definition) is 1. The van der Waals surface area contributed by atoms with Crippen LogP contribution in [0.15, 0.2) is 0 Å². The largest absolute Gasteiger partial charge is 0.298 e. The van der Waals surface area contributed by atoms with Gasteiger partial charge in [-0.05, 0) is 6.92 Å². The van der Waals surface area contributed by atoms with Crippen LogP contribution in [0, 0.1) is 5.92 Å². The average Bonchev–Trinajstić information content (AvgIpc) is 1.64. The van der Waals surface area contributed by atoms with Gasteiger partial charge < -0.3 is 0 Å². The maximum Gasteiger partial charge on any atom is 0.147 e. The summed E-state index contributed by atoms with van der Waals surface area (Å²) in [6, 6.07) is 0. The molecule has 0 fully saturated rings. The Kier molecular flexibility index (Phi) is 3.13. The van der Waals surface area contributed by atoms with Gasteiger partial charge in [-0.2, -0.15) is 12.6 Å². The minimum atomic E-state index is -0.102. The van der Waals surface area contributed by atoms with Crippen molar-refractivity contribution in [2.75, 3.05) is 0 Å². The molecule has 0 saturated carbocycles. The van der Waals surface area contributed by atoms with Crippen molar-refractivity contribution in [2.24, 2.45) is 5.92 Å². The highest BCUT2D eigenvalue weighted by molar-refractivity contribution is 7.81. The molecule has 2 heteroatoms. The number of carbonyl (C=O) groups is 1. The molecule has 0 spiro atoms. The first-order valence-electron chi connectivity index (χ1n) is 2.77. The van der Waals surface area contributed by atoms with Crippen molar-refractivity contribution in [3.8, 4) is 0 Å². The molecule has 8 heavy (non-hydrogen) atoms. The minimum Gasteiger partial charge on any atom is -0.298 e. The van der Waals surface area contributed by atoms with E-state index in [4.69, 9.17) is 0 Å². The predicted molar refractivity (Wildman–Crippen MR) is 38.3 cm³/mol. The van der Waals surface area contributed by atoms with Crippen LogP contribution in [0.2, 0.25) is 0 Å². The SMILES string of the molecule is CC(C)C(=O)C(C)S. The second-order valence-electron chi connectivity index (χ2n) is 2.23. The first-order valence-corrected chi connectivity index (χ1v) is 3.29. The highest BCUT2D eigenvalue weighted by atomic mass is 32.1. The Balaban J connectivity index is 3.65. The van der Waals surface area contributed by atoms with Gasteiger partial charge in [0.15, 0.2) is 0 Å². The van der Waals surface area contributed by atoms with Crippen molar-refractivity contribution in [3.05, 3.63) is 0 Å². The molecule has 0 saturated heterocycles. The van der Waals surface area contributed by atoms with Gasteiger partial charge in [-0.3, -0.25) is 4.79 Å². The molecule has 0 aliphatic heterocycles. The zero-order valence-electron chi connectivity index (χ0n) is 5.51. The van der Waals surface area contributed by atoms with Crippen molar-refractivity contribution in [1.29, 1.82) is 0 Å². The van der Waals surface area contributed by atoms with E-state index in [1.54, 1.807) is 6.92 Å². The number of carbonyl (C=O) groups excluding carboxylic acids is 1. The fourth-order valence-corrected chi connectivity index (χ4v) is 0.781. The zero-order chi connectivity index (χ0) is 6.73. The van der Waals surface area contributed by atoms with E-state index < -0.39 is 0 Å². The molecule has 0 aromatic heterocycles. The number of rotatable bonds is 2. The molecular weight excluding hydrogens is 120 g/mol. The molecule has 0 aromatic carbocycles. The van der Waals surface area contributed by atoms with Crippen molar-refractivity contribution in [3.63, 3.8) is 0 Å². The Bertz CT molecular complexity index is 76.5. The fraction of sp³-hybridized carbons (Fsp3) is 0.833. The summed E-state index contributed by atoms with van der Waals surface area (Å²) in [6.45, 7) is 5.57. The predicted octanol–water partition coefficient (Wildman–Crippen LogP) is 1.53. The van der Waals surface area contributed by atoms with Gasteiger partial charge in [0, 0.05) is 5.92 Å². The van der Waals surface area contributed by atoms with Crippen LogP contribution in [-0.4, -0.2) is 11.0 Å². The van der Waals surface area contributed by atoms with Gasteiger partial charge in [-0.15, -0.1) is 0 Å². The van der Waals surface area contributed by atoms with Crippen LogP contribution >= 0.6 is 12.6 Å². The summed E-state index contributed by atoms with van der Waals surface area (Å²) in [4.78, 5) is 10.8. The molecule has 0 bridgehead atoms. The summed E-state index contributed by atoms with van der Waals surface area (Å²) in [5.74, 6) is 0.343. The van der Waals surface area contributed by atoms with E-state index in [0.29, 0.717) is 0 Å². The van der Waals surface area contributed by atoms with Crippen LogP contribution in [0.1, 0.15) is 20.8 Å². The van der Waals surface area contributed by atoms with Gasteiger partial charge in [0.05, 0.1) is 5.25 Å². The van der Waals surface area contributed by atoms with E-state index in [9.17, 15) is 4.79 Å². The monoisotopic (exact) mass is 132 g/mol. The van der Waals surface area contributed by atoms with Crippen LogP contribution in [-0.2, 0) is 4.79 Å². The first-order chi connectivity index (χ1) is 3.55. The molecule has 0 aromatic rings. The lowest BCUT2D eigenvalue weighted by Crippen LogP contribution is -2.16. The zero-order valence-corrected chi connectivity index (χ0v) is 6.40. The Morgan fingerprint density at radius 2 is 1.75 bits per heavy atom. The van der Waals surface area contributed by atoms with E-state index in [1.807, 2.05) is 13.8 Å². The molecule has 0 aliphatic carbocycles. The number of ketones is 1. The van der Waals surface area contributed by atoms with E-state index >= 15 is 0 Å². The third-order valence-electron chi connectivity index (χ3n) is 0.981. The quantitative estimate of drug-likeness (QED) is 0.564. The van der Waals surface area contributed by atoms with E-state index in [2.05, 4.69) is 12.6 Å². The van der Waals surface area contributed by atoms with Gasteiger partial charge in [-0.1, -0.05) is 13.8 Å². The van der Waals surface area contributed by atoms with Gasteiger partial charge >= 0.3 is 0 Å². The molecule has 1 nitrogen and oxygen atoms in total. The number of thiol groups is 1. The van der Waals surface area contributed by atoms with Gasteiger partial charge in [0.2, 0.25) is 0 Å². The summed E-state index contributed by atoms with van der Waals surface area (Å²) >= 11 is 3.98. The topological polar surface area (TPSA) is 17.1 Å². The average molecular weight is 132 g/mol. The van der Waals surface area contributed by atoms with E-state index in [1.165, 1.54) is 0 Å². The van der Waals surface area contributed by atoms with Gasteiger partial charge in [0.25, 0.3) is 0 Å². The van der Waals surface area contributed by atoms with Crippen molar-refractivity contribution in [2.45, 2.75) is 26.0 Å². The summed E-state index contributed by atoms with van der Waals surface area (Å²) in [5, 5.41) is -0.102. The van der Waals surface area contributed by atoms with Crippen molar-refractivity contribution in [1.82, 2.24) is 0 Å². The molecule has 1 unspecified atom stereocenters. The van der Waals surface area contributed by atoms with Crippen molar-refractivity contribution < 1.29 is 4.79 Å². The highest BCUT2D eigenvalue weighted by Gasteiger charge is 2.10. The summed E-state index contributed by atoms with van der Waals surface area (Å²) in [6.07, 6.45) is 0. The van der Waals surface area contributed by atoms with Crippen LogP contribution < -0.4 is 0 Å². The number of hydrogen-bond acceptors (Lipinski definition) is 2. The van der Waals surface area contributed by atoms with Crippen LogP contribution in [0.4, 0.5) is 0 Å². The Hall–Kier alpha value is 0.0200. The molecule has 0 rings (SSSR count). The smallest absolute Gasteiger partial charge is 0.147 e. The van der Waals surface area contributed by atoms with Gasteiger partial charge in [0.1, 0.15) is 5.78 Å². The van der Waals surface area contributed by atoms with Gasteiger partial charge in [-0.25, -0.2) is 0 Å². The number of Topliss-reactive ketones (excluding diaryl/α,β-unsaturated/α-hetero) is 1. The van der Waals surface area contributed by atoms with Crippen LogP contribution in [0.25, 0.3) is 0 Å². The van der Waals surface area contributed by atoms with Crippen molar-refractivity contribution >= 4 is 18.4 Å². The molecule has 1 atom stereocenters. The Morgan fingerprint density at radius 3 is 1.75 bits per heavy atom. The lowest BCUT2D eigenvalue weighted by atomic mass is 10.1. The lowest BCUT2D eigenvalue weighted by molar-refractivity contribution is -0.121. The Morgan fingerprint density at radius 1 is 1.38 bits per heavy atom. The first kappa shape index (κ1) is 8.02. The molecule has 0 radical (unpaired) electrons. The minimum absolute atomic E-state index is 0.102. The summed E-state index contributed by atoms with van der Waals surface area (Å²) < 4.78 is 0. The molecule has 0 N–H and O–H groups in total. The molecule has 0 aliphatic rings. The molecule has 48 valence electrons. The normalized spacial score (nSPS) is 14.1. The summed E-state index contributed by atoms with van der Waals surface area (Å²) in [7, 11) is 0. The third kappa shape index (κ3) is 2.36. The standard InChI is InChI=1S/C6H12OS/c1-4(2)6(7)5(3)8/h4-5,8H,1-3H3. The molecule has 0 amide bonds. The summed E-state index contributed by atoms with van der Waals surface area (Å²) in [5.41, 5.74) is 0. The second-order valence-corrected chi connectivity index (χ2v) is 3.01. The van der Waals surface area contributed by atoms with Crippen LogP contribution in [0.5, 0.6) is 0 Å². The van der Waals surface area contributed by atoms with E-state index in [0.717, 1.165) is 0 Å². The Labute approximate surface area is 55.9 Å². The van der Waals surface area contributed by atoms with Crippen LogP contribution in [0.3, 0.4) is 0 Å².